The third-order valence-corrected chi connectivity index (χ3v) is 12.7. The molecule has 4 heteroatoms. The van der Waals surface area contributed by atoms with Gasteiger partial charge >= 0.3 is 0 Å². The van der Waals surface area contributed by atoms with Gasteiger partial charge in [0.15, 0.2) is 17.5 Å². The maximum absolute atomic E-state index is 5.13. The highest BCUT2D eigenvalue weighted by Gasteiger charge is 2.35. The molecule has 2 heterocycles. The van der Waals surface area contributed by atoms with Crippen molar-refractivity contribution in [1.29, 1.82) is 0 Å². The lowest BCUT2D eigenvalue weighted by atomic mass is 9.81. The van der Waals surface area contributed by atoms with Gasteiger partial charge in [-0.1, -0.05) is 159 Å². The van der Waals surface area contributed by atoms with Crippen molar-refractivity contribution in [2.45, 2.75) is 19.3 Å². The van der Waals surface area contributed by atoms with Crippen molar-refractivity contribution >= 4 is 42.3 Å². The average molecular weight is 734 g/mol. The van der Waals surface area contributed by atoms with E-state index in [2.05, 4.69) is 153 Å². The number of hydrogen-bond donors (Lipinski definition) is 0. The van der Waals surface area contributed by atoms with E-state index in [0.29, 0.717) is 17.5 Å². The summed E-state index contributed by atoms with van der Waals surface area (Å²) in [6, 6.07) is 63.2. The first-order valence-corrected chi connectivity index (χ1v) is 19.9. The first kappa shape index (κ1) is 32.7. The number of nitrogens with zero attached hydrogens (tertiary/aromatic N) is 3. The Morgan fingerprint density at radius 3 is 1.62 bits per heavy atom. The van der Waals surface area contributed by atoms with Gasteiger partial charge in [-0.25, -0.2) is 15.0 Å². The molecular weight excluding hydrogens is 699 g/mol. The van der Waals surface area contributed by atoms with Gasteiger partial charge in [0, 0.05) is 42.3 Å². The smallest absolute Gasteiger partial charge is 0.164 e. The number of thiophene rings is 1. The van der Waals surface area contributed by atoms with E-state index in [1.807, 2.05) is 47.7 Å². The fourth-order valence-corrected chi connectivity index (χ4v) is 9.89. The monoisotopic (exact) mass is 733 g/mol. The lowest BCUT2D eigenvalue weighted by Gasteiger charge is -2.22. The molecule has 56 heavy (non-hydrogen) atoms. The molecular formula is C52H35N3S. The minimum absolute atomic E-state index is 0.0998. The van der Waals surface area contributed by atoms with Gasteiger partial charge in [-0.05, 0) is 85.6 Å². The Kier molecular flexibility index (Phi) is 7.38. The van der Waals surface area contributed by atoms with Crippen LogP contribution in [0.4, 0.5) is 0 Å². The van der Waals surface area contributed by atoms with Gasteiger partial charge in [-0.15, -0.1) is 11.3 Å². The predicted molar refractivity (Wildman–Crippen MR) is 235 cm³/mol. The molecule has 0 fully saturated rings. The minimum atomic E-state index is -0.0998. The Labute approximate surface area is 329 Å². The van der Waals surface area contributed by atoms with Crippen molar-refractivity contribution in [3.8, 4) is 67.5 Å². The van der Waals surface area contributed by atoms with Crippen molar-refractivity contribution in [1.82, 2.24) is 15.0 Å². The van der Waals surface area contributed by atoms with Crippen LogP contribution in [0, 0.1) is 0 Å². The zero-order chi connectivity index (χ0) is 37.4. The summed E-state index contributed by atoms with van der Waals surface area (Å²) >= 11 is 1.86. The number of aromatic nitrogens is 3. The average Bonchev–Trinajstić information content (AvgIpc) is 3.74. The molecule has 1 aliphatic rings. The summed E-state index contributed by atoms with van der Waals surface area (Å²) < 4.78 is 2.58. The Bertz CT molecular complexity index is 3100. The Balaban J connectivity index is 1.14. The topological polar surface area (TPSA) is 38.7 Å². The van der Waals surface area contributed by atoms with E-state index in [9.17, 15) is 0 Å². The Morgan fingerprint density at radius 1 is 0.339 bits per heavy atom. The quantitative estimate of drug-likeness (QED) is 0.177. The van der Waals surface area contributed by atoms with Gasteiger partial charge in [0.1, 0.15) is 0 Å². The van der Waals surface area contributed by atoms with Crippen LogP contribution >= 0.6 is 11.3 Å². The summed E-state index contributed by atoms with van der Waals surface area (Å²) in [5.74, 6) is 1.96. The van der Waals surface area contributed by atoms with Crippen LogP contribution in [0.3, 0.4) is 0 Å². The second-order valence-electron chi connectivity index (χ2n) is 15.2. The van der Waals surface area contributed by atoms with E-state index in [1.165, 1.54) is 64.7 Å². The third kappa shape index (κ3) is 5.14. The molecule has 0 spiro atoms. The van der Waals surface area contributed by atoms with Gasteiger partial charge in [0.2, 0.25) is 0 Å². The highest BCUT2D eigenvalue weighted by Crippen LogP contribution is 2.51. The third-order valence-electron chi connectivity index (χ3n) is 11.6. The zero-order valence-corrected chi connectivity index (χ0v) is 31.8. The van der Waals surface area contributed by atoms with Crippen LogP contribution in [-0.2, 0) is 5.41 Å². The fraction of sp³-hybridized carbons (Fsp3) is 0.0577. The second kappa shape index (κ2) is 12.7. The maximum Gasteiger partial charge on any atom is 0.164 e. The second-order valence-corrected chi connectivity index (χ2v) is 16.3. The first-order valence-electron chi connectivity index (χ1n) is 19.1. The molecule has 11 rings (SSSR count). The minimum Gasteiger partial charge on any atom is -0.208 e. The summed E-state index contributed by atoms with van der Waals surface area (Å²) in [5.41, 5.74) is 13.1. The summed E-state index contributed by atoms with van der Waals surface area (Å²) in [4.78, 5) is 15.2. The van der Waals surface area contributed by atoms with E-state index in [4.69, 9.17) is 15.0 Å². The highest BCUT2D eigenvalue weighted by molar-refractivity contribution is 7.25. The van der Waals surface area contributed by atoms with Crippen LogP contribution < -0.4 is 0 Å². The molecule has 2 aromatic heterocycles. The lowest BCUT2D eigenvalue weighted by molar-refractivity contribution is 0.660. The molecule has 0 unspecified atom stereocenters. The fourth-order valence-electron chi connectivity index (χ4n) is 8.76. The number of benzene rings is 8. The molecule has 0 amide bonds. The molecule has 0 saturated carbocycles. The molecule has 264 valence electrons. The molecule has 1 aliphatic carbocycles. The highest BCUT2D eigenvalue weighted by atomic mass is 32.1. The van der Waals surface area contributed by atoms with Crippen molar-refractivity contribution in [3.05, 3.63) is 187 Å². The van der Waals surface area contributed by atoms with E-state index in [0.717, 1.165) is 27.5 Å². The molecule has 10 aromatic rings. The molecule has 3 nitrogen and oxygen atoms in total. The van der Waals surface area contributed by atoms with Crippen LogP contribution in [0.5, 0.6) is 0 Å². The molecule has 0 N–H and O–H groups in total. The van der Waals surface area contributed by atoms with Crippen LogP contribution in [0.1, 0.15) is 25.0 Å². The Hall–Kier alpha value is -6.75. The zero-order valence-electron chi connectivity index (χ0n) is 31.0. The SMILES string of the molecule is CC1(C)c2ccccc2-c2ccc(-c3cc4c(cc3-c3ccc(-c5nc(-c6ccccc6)nc(-c6ccccc6)n5)c5ccccc35)sc3ccccc34)cc21. The van der Waals surface area contributed by atoms with Gasteiger partial charge in [0.05, 0.1) is 0 Å². The number of hydrogen-bond acceptors (Lipinski definition) is 4. The summed E-state index contributed by atoms with van der Waals surface area (Å²) in [7, 11) is 0. The predicted octanol–water partition coefficient (Wildman–Crippen LogP) is 14.0. The Morgan fingerprint density at radius 2 is 0.893 bits per heavy atom. The number of rotatable bonds is 5. The summed E-state index contributed by atoms with van der Waals surface area (Å²) in [6.45, 7) is 4.72. The largest absolute Gasteiger partial charge is 0.208 e. The van der Waals surface area contributed by atoms with Gasteiger partial charge in [-0.3, -0.25) is 0 Å². The van der Waals surface area contributed by atoms with E-state index >= 15 is 0 Å². The normalized spacial score (nSPS) is 13.0. The lowest BCUT2D eigenvalue weighted by Crippen LogP contribution is -2.14. The van der Waals surface area contributed by atoms with Crippen molar-refractivity contribution < 1.29 is 0 Å². The molecule has 0 aliphatic heterocycles. The maximum atomic E-state index is 5.13. The number of fused-ring (bicyclic) bond motifs is 7. The molecule has 0 radical (unpaired) electrons. The van der Waals surface area contributed by atoms with Crippen LogP contribution in [0.2, 0.25) is 0 Å². The van der Waals surface area contributed by atoms with E-state index in [-0.39, 0.29) is 5.41 Å². The van der Waals surface area contributed by atoms with Crippen LogP contribution in [0.15, 0.2) is 176 Å². The summed E-state index contributed by atoms with van der Waals surface area (Å²) in [6.07, 6.45) is 0. The van der Waals surface area contributed by atoms with Crippen molar-refractivity contribution in [3.63, 3.8) is 0 Å². The van der Waals surface area contributed by atoms with Crippen LogP contribution in [0.25, 0.3) is 98.5 Å². The van der Waals surface area contributed by atoms with Crippen molar-refractivity contribution in [2.75, 3.05) is 0 Å². The van der Waals surface area contributed by atoms with Gasteiger partial charge < -0.3 is 0 Å². The summed E-state index contributed by atoms with van der Waals surface area (Å²) in [5, 5.41) is 4.85. The van der Waals surface area contributed by atoms with Crippen LogP contribution in [-0.4, -0.2) is 15.0 Å². The molecule has 0 atom stereocenters. The van der Waals surface area contributed by atoms with E-state index in [1.54, 1.807) is 0 Å². The molecule has 8 aromatic carbocycles. The molecule has 0 bridgehead atoms. The first-order chi connectivity index (χ1) is 27.5. The molecule has 0 saturated heterocycles. The standard InChI is InChI=1S/C52H35N3S/c1-52(2)45-23-13-11-21-38(45)39-26-25-34(29-46(39)52)42-30-44-40-22-12-14-24-47(40)56-48(44)31-43(42)37-27-28-41(36-20-10-9-19-35(36)37)51-54-49(32-15-5-3-6-16-32)53-50(55-51)33-17-7-4-8-18-33/h3-31H,1-2H3. The van der Waals surface area contributed by atoms with Gasteiger partial charge in [0.25, 0.3) is 0 Å². The van der Waals surface area contributed by atoms with E-state index < -0.39 is 0 Å². The van der Waals surface area contributed by atoms with Crippen molar-refractivity contribution in [2.24, 2.45) is 0 Å². The van der Waals surface area contributed by atoms with Gasteiger partial charge in [-0.2, -0.15) is 0 Å².